The van der Waals surface area contributed by atoms with Gasteiger partial charge in [-0.2, -0.15) is 0 Å². The van der Waals surface area contributed by atoms with Crippen molar-refractivity contribution in [1.82, 2.24) is 5.32 Å². The number of amides is 2. The average Bonchev–Trinajstić information content (AvgIpc) is 2.62. The zero-order valence-corrected chi connectivity index (χ0v) is 16.3. The van der Waals surface area contributed by atoms with E-state index < -0.39 is 11.8 Å². The van der Waals surface area contributed by atoms with Crippen molar-refractivity contribution in [3.05, 3.63) is 24.3 Å². The van der Waals surface area contributed by atoms with Crippen molar-refractivity contribution in [1.29, 1.82) is 0 Å². The van der Waals surface area contributed by atoms with Gasteiger partial charge in [-0.25, -0.2) is 0 Å². The summed E-state index contributed by atoms with van der Waals surface area (Å²) in [6.45, 7) is 4.61. The second kappa shape index (κ2) is 7.17. The summed E-state index contributed by atoms with van der Waals surface area (Å²) in [5, 5.41) is 5.70. The lowest BCUT2D eigenvalue weighted by molar-refractivity contribution is -0.138. The largest absolute Gasteiger partial charge is 0.494 e. The van der Waals surface area contributed by atoms with Crippen molar-refractivity contribution >= 4 is 17.5 Å². The maximum absolute atomic E-state index is 12.5. The fraction of sp³-hybridized carbons (Fsp3) is 0.636. The lowest BCUT2D eigenvalue weighted by Crippen LogP contribution is -2.57. The Balaban J connectivity index is 1.35. The van der Waals surface area contributed by atoms with E-state index in [0.29, 0.717) is 12.3 Å². The zero-order valence-electron chi connectivity index (χ0n) is 16.3. The highest BCUT2D eigenvalue weighted by molar-refractivity contribution is 6.39. The summed E-state index contributed by atoms with van der Waals surface area (Å²) in [6.07, 6.45) is 7.75. The molecule has 27 heavy (non-hydrogen) atoms. The molecule has 4 saturated carbocycles. The van der Waals surface area contributed by atoms with Crippen molar-refractivity contribution in [3.63, 3.8) is 0 Å². The number of benzene rings is 1. The molecule has 1 atom stereocenters. The Morgan fingerprint density at radius 2 is 1.59 bits per heavy atom. The monoisotopic (exact) mass is 370 g/mol. The van der Waals surface area contributed by atoms with Crippen LogP contribution in [0, 0.1) is 23.2 Å². The highest BCUT2D eigenvalue weighted by Crippen LogP contribution is 2.61. The minimum atomic E-state index is -0.601. The third-order valence-corrected chi connectivity index (χ3v) is 6.98. The van der Waals surface area contributed by atoms with Crippen LogP contribution < -0.4 is 15.4 Å². The van der Waals surface area contributed by atoms with Crippen LogP contribution in [0.4, 0.5) is 5.69 Å². The highest BCUT2D eigenvalue weighted by atomic mass is 16.5. The summed E-state index contributed by atoms with van der Waals surface area (Å²) < 4.78 is 5.39. The standard InChI is InChI=1S/C22H30N2O3/c1-3-27-19-6-4-18(5-7-19)24-21(26)20(25)23-14(2)22-11-15-8-16(12-22)10-17(9-15)13-22/h4-7,14-17H,3,8-13H2,1-2H3,(H,23,25)(H,24,26). The van der Waals surface area contributed by atoms with Gasteiger partial charge in [0.25, 0.3) is 0 Å². The van der Waals surface area contributed by atoms with E-state index in [1.165, 1.54) is 38.5 Å². The number of ether oxygens (including phenoxy) is 1. The van der Waals surface area contributed by atoms with E-state index in [0.717, 1.165) is 23.5 Å². The lowest BCUT2D eigenvalue weighted by atomic mass is 9.48. The van der Waals surface area contributed by atoms with E-state index in [9.17, 15) is 9.59 Å². The summed E-state index contributed by atoms with van der Waals surface area (Å²) in [7, 11) is 0. The topological polar surface area (TPSA) is 67.4 Å². The van der Waals surface area contributed by atoms with Gasteiger partial charge in [0.2, 0.25) is 0 Å². The summed E-state index contributed by atoms with van der Waals surface area (Å²) >= 11 is 0. The van der Waals surface area contributed by atoms with Crippen molar-refractivity contribution in [2.75, 3.05) is 11.9 Å². The van der Waals surface area contributed by atoms with Crippen LogP contribution in [-0.2, 0) is 9.59 Å². The number of carbonyl (C=O) groups excluding carboxylic acids is 2. The van der Waals surface area contributed by atoms with Crippen LogP contribution in [-0.4, -0.2) is 24.5 Å². The van der Waals surface area contributed by atoms with Crippen LogP contribution in [0.25, 0.3) is 0 Å². The molecule has 4 bridgehead atoms. The second-order valence-corrected chi connectivity index (χ2v) is 8.89. The molecule has 1 unspecified atom stereocenters. The van der Waals surface area contributed by atoms with Gasteiger partial charge in [-0.1, -0.05) is 0 Å². The molecular formula is C22H30N2O3. The molecule has 0 saturated heterocycles. The van der Waals surface area contributed by atoms with Crippen LogP contribution in [0.2, 0.25) is 0 Å². The Bertz CT molecular complexity index is 677. The Morgan fingerprint density at radius 3 is 2.11 bits per heavy atom. The van der Waals surface area contributed by atoms with Gasteiger partial charge < -0.3 is 15.4 Å². The van der Waals surface area contributed by atoms with Gasteiger partial charge >= 0.3 is 11.8 Å². The number of hydrogen-bond donors (Lipinski definition) is 2. The fourth-order valence-electron chi connectivity index (χ4n) is 6.11. The molecule has 4 fully saturated rings. The van der Waals surface area contributed by atoms with Gasteiger partial charge in [-0.15, -0.1) is 0 Å². The number of carbonyl (C=O) groups is 2. The van der Waals surface area contributed by atoms with Crippen LogP contribution in [0.5, 0.6) is 5.75 Å². The van der Waals surface area contributed by atoms with Gasteiger partial charge in [0.05, 0.1) is 6.61 Å². The molecule has 4 aliphatic rings. The summed E-state index contributed by atoms with van der Waals surface area (Å²) in [5.74, 6) is 2.09. The first kappa shape index (κ1) is 18.3. The van der Waals surface area contributed by atoms with Crippen molar-refractivity contribution in [2.45, 2.75) is 58.4 Å². The molecule has 2 N–H and O–H groups in total. The average molecular weight is 370 g/mol. The van der Waals surface area contributed by atoms with Crippen LogP contribution >= 0.6 is 0 Å². The van der Waals surface area contributed by atoms with Crippen molar-refractivity contribution in [2.24, 2.45) is 23.2 Å². The van der Waals surface area contributed by atoms with Gasteiger partial charge in [0.1, 0.15) is 5.75 Å². The fourth-order valence-corrected chi connectivity index (χ4v) is 6.11. The van der Waals surface area contributed by atoms with E-state index in [1.807, 2.05) is 6.92 Å². The number of rotatable bonds is 5. The molecule has 146 valence electrons. The number of anilines is 1. The Morgan fingerprint density at radius 1 is 1.04 bits per heavy atom. The van der Waals surface area contributed by atoms with Crippen LogP contribution in [0.15, 0.2) is 24.3 Å². The molecule has 2 amide bonds. The molecule has 0 aliphatic heterocycles. The molecule has 1 aromatic rings. The summed E-state index contributed by atoms with van der Waals surface area (Å²) in [5.41, 5.74) is 0.796. The Hall–Kier alpha value is -2.04. The first-order chi connectivity index (χ1) is 13.0. The first-order valence-corrected chi connectivity index (χ1v) is 10.3. The molecule has 0 spiro atoms. The molecular weight excluding hydrogens is 340 g/mol. The van der Waals surface area contributed by atoms with Crippen molar-refractivity contribution in [3.8, 4) is 5.75 Å². The molecule has 4 aliphatic carbocycles. The normalized spacial score (nSPS) is 32.0. The molecule has 0 radical (unpaired) electrons. The van der Waals surface area contributed by atoms with E-state index in [1.54, 1.807) is 24.3 Å². The lowest BCUT2D eigenvalue weighted by Gasteiger charge is -2.59. The predicted molar refractivity (Wildman–Crippen MR) is 104 cm³/mol. The molecule has 5 nitrogen and oxygen atoms in total. The third-order valence-electron chi connectivity index (χ3n) is 6.98. The SMILES string of the molecule is CCOc1ccc(NC(=O)C(=O)NC(C)C23CC4CC(CC(C4)C2)C3)cc1. The second-order valence-electron chi connectivity index (χ2n) is 8.89. The zero-order chi connectivity index (χ0) is 19.0. The summed E-state index contributed by atoms with van der Waals surface area (Å²) in [4.78, 5) is 24.8. The van der Waals surface area contributed by atoms with Crippen LogP contribution in [0.3, 0.4) is 0 Å². The molecule has 5 heteroatoms. The van der Waals surface area contributed by atoms with Crippen molar-refractivity contribution < 1.29 is 14.3 Å². The molecule has 0 aromatic heterocycles. The van der Waals surface area contributed by atoms with E-state index in [4.69, 9.17) is 4.74 Å². The van der Waals surface area contributed by atoms with E-state index in [-0.39, 0.29) is 11.5 Å². The first-order valence-electron chi connectivity index (χ1n) is 10.3. The quantitative estimate of drug-likeness (QED) is 0.776. The minimum absolute atomic E-state index is 0.0458. The van der Waals surface area contributed by atoms with Gasteiger partial charge in [0, 0.05) is 11.7 Å². The maximum atomic E-state index is 12.5. The highest BCUT2D eigenvalue weighted by Gasteiger charge is 2.53. The third kappa shape index (κ3) is 3.69. The number of hydrogen-bond acceptors (Lipinski definition) is 3. The number of nitrogens with one attached hydrogen (secondary N) is 2. The Labute approximate surface area is 161 Å². The van der Waals surface area contributed by atoms with Gasteiger partial charge in [-0.05, 0) is 99.8 Å². The van der Waals surface area contributed by atoms with E-state index >= 15 is 0 Å². The molecule has 5 rings (SSSR count). The van der Waals surface area contributed by atoms with Gasteiger partial charge in [-0.3, -0.25) is 9.59 Å². The molecule has 1 aromatic carbocycles. The molecule has 0 heterocycles. The summed E-state index contributed by atoms with van der Waals surface area (Å²) in [6, 6.07) is 7.12. The van der Waals surface area contributed by atoms with Crippen LogP contribution in [0.1, 0.15) is 52.4 Å². The Kier molecular flexibility index (Phi) is 4.87. The minimum Gasteiger partial charge on any atom is -0.494 e. The predicted octanol–water partition coefficient (Wildman–Crippen LogP) is 3.74. The smallest absolute Gasteiger partial charge is 0.313 e. The van der Waals surface area contributed by atoms with E-state index in [2.05, 4.69) is 17.6 Å². The maximum Gasteiger partial charge on any atom is 0.313 e. The van der Waals surface area contributed by atoms with Gasteiger partial charge in [0.15, 0.2) is 0 Å².